The Bertz CT molecular complexity index is 447. The van der Waals surface area contributed by atoms with E-state index in [0.29, 0.717) is 5.56 Å². The molecule has 98 valence electrons. The molecule has 4 N–H and O–H groups in total. The minimum absolute atomic E-state index is 0.282. The minimum Gasteiger partial charge on any atom is -0.366 e. The van der Waals surface area contributed by atoms with Gasteiger partial charge in [0.2, 0.25) is 12.1 Å². The van der Waals surface area contributed by atoms with E-state index in [1.165, 1.54) is 24.3 Å². The van der Waals surface area contributed by atoms with Crippen LogP contribution in [0.25, 0.3) is 0 Å². The number of alkyl halides is 3. The highest BCUT2D eigenvalue weighted by Gasteiger charge is 2.46. The molecular formula is C10H10F3N3O2. The summed E-state index contributed by atoms with van der Waals surface area (Å²) in [5.41, 5.74) is 8.07. The van der Waals surface area contributed by atoms with Crippen LogP contribution in [-0.2, 0) is 4.84 Å². The average Bonchev–Trinajstić information content (AvgIpc) is 2.78. The van der Waals surface area contributed by atoms with Crippen molar-refractivity contribution in [2.75, 3.05) is 0 Å². The maximum atomic E-state index is 12.3. The fourth-order valence-corrected chi connectivity index (χ4v) is 1.52. The van der Waals surface area contributed by atoms with E-state index in [-0.39, 0.29) is 5.56 Å². The third kappa shape index (κ3) is 2.61. The Morgan fingerprint density at radius 1 is 1.28 bits per heavy atom. The summed E-state index contributed by atoms with van der Waals surface area (Å²) >= 11 is 0. The molecule has 0 aliphatic carbocycles. The van der Waals surface area contributed by atoms with Crippen LogP contribution in [0.1, 0.15) is 22.1 Å². The van der Waals surface area contributed by atoms with Crippen molar-refractivity contribution in [3.05, 3.63) is 35.4 Å². The number of hydroxylamine groups is 1. The zero-order valence-electron chi connectivity index (χ0n) is 8.99. The number of carbonyl (C=O) groups excluding carboxylic acids is 1. The van der Waals surface area contributed by atoms with Gasteiger partial charge in [0.1, 0.15) is 6.17 Å². The van der Waals surface area contributed by atoms with Gasteiger partial charge in [-0.1, -0.05) is 12.1 Å². The van der Waals surface area contributed by atoms with Crippen molar-refractivity contribution >= 4 is 5.91 Å². The van der Waals surface area contributed by atoms with Gasteiger partial charge in [0, 0.05) is 5.56 Å². The highest BCUT2D eigenvalue weighted by Crippen LogP contribution is 2.27. The fraction of sp³-hybridized carbons (Fsp3) is 0.300. The van der Waals surface area contributed by atoms with E-state index in [2.05, 4.69) is 15.6 Å². The number of rotatable bonds is 2. The van der Waals surface area contributed by atoms with Gasteiger partial charge in [0.25, 0.3) is 0 Å². The van der Waals surface area contributed by atoms with Crippen LogP contribution in [-0.4, -0.2) is 18.3 Å². The van der Waals surface area contributed by atoms with Crippen molar-refractivity contribution < 1.29 is 22.8 Å². The Kier molecular flexibility index (Phi) is 3.24. The summed E-state index contributed by atoms with van der Waals surface area (Å²) in [5.74, 6) is -0.599. The molecule has 1 aromatic carbocycles. The number of hydrogen-bond acceptors (Lipinski definition) is 4. The van der Waals surface area contributed by atoms with Gasteiger partial charge in [-0.15, -0.1) is 0 Å². The Morgan fingerprint density at radius 2 is 1.89 bits per heavy atom. The molecule has 5 nitrogen and oxygen atoms in total. The van der Waals surface area contributed by atoms with E-state index >= 15 is 0 Å². The van der Waals surface area contributed by atoms with Crippen molar-refractivity contribution in [2.45, 2.75) is 18.6 Å². The standard InChI is InChI=1S/C10H10F3N3O2/c11-10(12,13)9-15-8(16-18-9)6-3-1-5(2-4-6)7(14)17/h1-4,8-9,15-16H,(H2,14,17). The SMILES string of the molecule is NC(=O)c1ccc(C2NOC(C(F)(F)F)N2)cc1. The first-order valence-electron chi connectivity index (χ1n) is 5.01. The highest BCUT2D eigenvalue weighted by atomic mass is 19.4. The summed E-state index contributed by atoms with van der Waals surface area (Å²) in [7, 11) is 0. The van der Waals surface area contributed by atoms with E-state index in [1.807, 2.05) is 0 Å². The molecule has 1 fully saturated rings. The number of halogens is 3. The van der Waals surface area contributed by atoms with E-state index < -0.39 is 24.5 Å². The van der Waals surface area contributed by atoms with Crippen LogP contribution in [0.3, 0.4) is 0 Å². The highest BCUT2D eigenvalue weighted by molar-refractivity contribution is 5.92. The third-order valence-corrected chi connectivity index (χ3v) is 2.45. The second-order valence-corrected chi connectivity index (χ2v) is 3.74. The molecular weight excluding hydrogens is 251 g/mol. The van der Waals surface area contributed by atoms with Crippen molar-refractivity contribution in [1.82, 2.24) is 10.8 Å². The molecule has 8 heteroatoms. The Labute approximate surface area is 100 Å². The largest absolute Gasteiger partial charge is 0.430 e. The predicted octanol–water partition coefficient (Wildman–Crippen LogP) is 0.797. The topological polar surface area (TPSA) is 76.4 Å². The fourth-order valence-electron chi connectivity index (χ4n) is 1.52. The first kappa shape index (κ1) is 12.8. The van der Waals surface area contributed by atoms with Gasteiger partial charge in [-0.3, -0.25) is 14.9 Å². The first-order chi connectivity index (χ1) is 8.38. The quantitative estimate of drug-likeness (QED) is 0.736. The first-order valence-corrected chi connectivity index (χ1v) is 5.01. The van der Waals surface area contributed by atoms with Crippen LogP contribution in [0.2, 0.25) is 0 Å². The third-order valence-electron chi connectivity index (χ3n) is 2.45. The molecule has 1 aromatic rings. The lowest BCUT2D eigenvalue weighted by Gasteiger charge is -2.13. The van der Waals surface area contributed by atoms with Gasteiger partial charge >= 0.3 is 6.18 Å². The summed E-state index contributed by atoms with van der Waals surface area (Å²) < 4.78 is 37.0. The zero-order valence-corrected chi connectivity index (χ0v) is 8.99. The molecule has 0 saturated carbocycles. The molecule has 18 heavy (non-hydrogen) atoms. The molecule has 0 radical (unpaired) electrons. The second kappa shape index (κ2) is 4.56. The number of carbonyl (C=O) groups is 1. The smallest absolute Gasteiger partial charge is 0.366 e. The van der Waals surface area contributed by atoms with Crippen LogP contribution in [0.15, 0.2) is 24.3 Å². The summed E-state index contributed by atoms with van der Waals surface area (Å²) in [6.45, 7) is 0. The Morgan fingerprint density at radius 3 is 2.33 bits per heavy atom. The van der Waals surface area contributed by atoms with E-state index in [9.17, 15) is 18.0 Å². The van der Waals surface area contributed by atoms with Gasteiger partial charge in [-0.05, 0) is 17.7 Å². The normalized spacial score (nSPS) is 24.2. The van der Waals surface area contributed by atoms with Crippen molar-refractivity contribution in [3.63, 3.8) is 0 Å². The molecule has 1 heterocycles. The summed E-state index contributed by atoms with van der Waals surface area (Å²) in [5, 5.41) is 2.22. The molecule has 1 saturated heterocycles. The maximum Gasteiger partial charge on any atom is 0.430 e. The summed E-state index contributed by atoms with van der Waals surface area (Å²) in [6, 6.07) is 5.85. The predicted molar refractivity (Wildman–Crippen MR) is 54.9 cm³/mol. The number of amides is 1. The molecule has 0 spiro atoms. The van der Waals surface area contributed by atoms with Crippen molar-refractivity contribution in [2.24, 2.45) is 5.73 Å². The molecule has 1 amide bonds. The molecule has 2 unspecified atom stereocenters. The zero-order chi connectivity index (χ0) is 13.3. The monoisotopic (exact) mass is 261 g/mol. The second-order valence-electron chi connectivity index (χ2n) is 3.74. The summed E-state index contributed by atoms with van der Waals surface area (Å²) in [6.07, 6.45) is -7.34. The Hall–Kier alpha value is -1.64. The lowest BCUT2D eigenvalue weighted by atomic mass is 10.1. The molecule has 2 atom stereocenters. The van der Waals surface area contributed by atoms with Gasteiger partial charge in [-0.2, -0.15) is 18.7 Å². The van der Waals surface area contributed by atoms with Crippen molar-refractivity contribution in [3.8, 4) is 0 Å². The number of hydrogen-bond donors (Lipinski definition) is 3. The molecule has 1 aliphatic rings. The van der Waals surface area contributed by atoms with E-state index in [0.717, 1.165) is 0 Å². The molecule has 1 aliphatic heterocycles. The molecule has 0 bridgehead atoms. The van der Waals surface area contributed by atoms with E-state index in [1.54, 1.807) is 0 Å². The van der Waals surface area contributed by atoms with E-state index in [4.69, 9.17) is 5.73 Å². The number of nitrogens with two attached hydrogens (primary N) is 1. The minimum atomic E-state index is -4.49. The van der Waals surface area contributed by atoms with Crippen LogP contribution in [0.5, 0.6) is 0 Å². The van der Waals surface area contributed by atoms with Gasteiger partial charge < -0.3 is 5.73 Å². The van der Waals surface area contributed by atoms with Crippen LogP contribution < -0.4 is 16.5 Å². The van der Waals surface area contributed by atoms with Gasteiger partial charge in [0.15, 0.2) is 0 Å². The van der Waals surface area contributed by atoms with Crippen molar-refractivity contribution in [1.29, 1.82) is 0 Å². The maximum absolute atomic E-state index is 12.3. The summed E-state index contributed by atoms with van der Waals surface area (Å²) in [4.78, 5) is 15.2. The average molecular weight is 261 g/mol. The molecule has 0 aromatic heterocycles. The number of primary amides is 1. The van der Waals surface area contributed by atoms with Gasteiger partial charge in [0.05, 0.1) is 0 Å². The number of nitrogens with one attached hydrogen (secondary N) is 2. The molecule has 2 rings (SSSR count). The lowest BCUT2D eigenvalue weighted by molar-refractivity contribution is -0.224. The van der Waals surface area contributed by atoms with Crippen LogP contribution in [0.4, 0.5) is 13.2 Å². The Balaban J connectivity index is 2.08. The lowest BCUT2D eigenvalue weighted by Crippen LogP contribution is -2.39. The van der Waals surface area contributed by atoms with Crippen LogP contribution >= 0.6 is 0 Å². The van der Waals surface area contributed by atoms with Gasteiger partial charge in [-0.25, -0.2) is 0 Å². The number of benzene rings is 1. The van der Waals surface area contributed by atoms with Crippen LogP contribution in [0, 0.1) is 0 Å².